The van der Waals surface area contributed by atoms with E-state index in [4.69, 9.17) is 9.47 Å². The minimum Gasteiger partial charge on any atom is -0.369 e. The molecular formula is C6H14NO2. The molecule has 3 nitrogen and oxygen atoms in total. The Hall–Kier alpha value is -0.120. The molecule has 0 N–H and O–H groups in total. The summed E-state index contributed by atoms with van der Waals surface area (Å²) >= 11 is 0. The summed E-state index contributed by atoms with van der Waals surface area (Å²) in [6, 6.07) is 0. The summed E-state index contributed by atoms with van der Waals surface area (Å²) in [5, 5.41) is 0. The van der Waals surface area contributed by atoms with Gasteiger partial charge in [-0.25, -0.2) is 0 Å². The van der Waals surface area contributed by atoms with Gasteiger partial charge >= 0.3 is 0 Å². The van der Waals surface area contributed by atoms with Gasteiger partial charge < -0.3 is 9.47 Å². The molecule has 1 radical (unpaired) electrons. The first-order chi connectivity index (χ1) is 4.35. The predicted octanol–water partition coefficient (Wildman–Crippen LogP) is 0.678. The molecule has 55 valence electrons. The maximum Gasteiger partial charge on any atom is 0.101 e. The number of nitrogens with zero attached hydrogens (tertiary/aromatic N) is 1. The van der Waals surface area contributed by atoms with E-state index >= 15 is 0 Å². The average Bonchev–Trinajstić information content (AvgIpc) is 1.88. The molecule has 0 aromatic carbocycles. The van der Waals surface area contributed by atoms with Crippen molar-refractivity contribution in [3.8, 4) is 0 Å². The standard InChI is InChI=1S/C6H14NO2/c1-4-7(5-8-2)6-9-3/h4H,5-6H2,1-3H3. The second-order valence-electron chi connectivity index (χ2n) is 1.68. The third-order valence-electron chi connectivity index (χ3n) is 0.955. The smallest absolute Gasteiger partial charge is 0.101 e. The van der Waals surface area contributed by atoms with Gasteiger partial charge in [-0.3, -0.25) is 4.90 Å². The predicted molar refractivity (Wildman–Crippen MR) is 35.6 cm³/mol. The van der Waals surface area contributed by atoms with Crippen LogP contribution in [0.3, 0.4) is 0 Å². The van der Waals surface area contributed by atoms with Crippen LogP contribution in [0.25, 0.3) is 0 Å². The third-order valence-corrected chi connectivity index (χ3v) is 0.955. The van der Waals surface area contributed by atoms with E-state index in [1.54, 1.807) is 14.2 Å². The first-order valence-corrected chi connectivity index (χ1v) is 2.86. The van der Waals surface area contributed by atoms with Crippen LogP contribution in [0.15, 0.2) is 0 Å². The van der Waals surface area contributed by atoms with Crippen LogP contribution in [-0.4, -0.2) is 32.6 Å². The highest BCUT2D eigenvalue weighted by atomic mass is 16.5. The molecule has 9 heavy (non-hydrogen) atoms. The SMILES string of the molecule is C[CH]N(COC)COC. The fraction of sp³-hybridized carbons (Fsp3) is 0.833. The molecule has 0 aliphatic carbocycles. The molecule has 0 saturated carbocycles. The second kappa shape index (κ2) is 6.01. The lowest BCUT2D eigenvalue weighted by Gasteiger charge is -2.16. The van der Waals surface area contributed by atoms with Crippen molar-refractivity contribution in [1.29, 1.82) is 0 Å². The van der Waals surface area contributed by atoms with Gasteiger partial charge in [-0.15, -0.1) is 0 Å². The Morgan fingerprint density at radius 2 is 1.67 bits per heavy atom. The molecule has 0 atom stereocenters. The lowest BCUT2D eigenvalue weighted by atomic mass is 10.7. The highest BCUT2D eigenvalue weighted by Crippen LogP contribution is 1.90. The first kappa shape index (κ1) is 8.88. The van der Waals surface area contributed by atoms with Crippen LogP contribution in [0.1, 0.15) is 6.92 Å². The van der Waals surface area contributed by atoms with E-state index in [-0.39, 0.29) is 0 Å². The summed E-state index contributed by atoms with van der Waals surface area (Å²) in [6.07, 6.45) is 0. The van der Waals surface area contributed by atoms with E-state index in [1.165, 1.54) is 0 Å². The average molecular weight is 132 g/mol. The van der Waals surface area contributed by atoms with E-state index < -0.39 is 0 Å². The Morgan fingerprint density at radius 1 is 1.22 bits per heavy atom. The van der Waals surface area contributed by atoms with Gasteiger partial charge in [0.1, 0.15) is 13.5 Å². The van der Waals surface area contributed by atoms with Gasteiger partial charge in [-0.2, -0.15) is 0 Å². The maximum atomic E-state index is 4.86. The summed E-state index contributed by atoms with van der Waals surface area (Å²) in [5.74, 6) is 0. The summed E-state index contributed by atoms with van der Waals surface area (Å²) < 4.78 is 9.72. The fourth-order valence-corrected chi connectivity index (χ4v) is 0.518. The molecule has 0 fully saturated rings. The van der Waals surface area contributed by atoms with Crippen molar-refractivity contribution in [2.45, 2.75) is 6.92 Å². The van der Waals surface area contributed by atoms with Gasteiger partial charge in [-0.1, -0.05) is 0 Å². The molecule has 0 saturated heterocycles. The fourth-order valence-electron chi connectivity index (χ4n) is 0.518. The Labute approximate surface area is 56.6 Å². The van der Waals surface area contributed by atoms with E-state index in [0.29, 0.717) is 13.5 Å². The number of hydrogen-bond donors (Lipinski definition) is 0. The van der Waals surface area contributed by atoms with Crippen LogP contribution in [0.4, 0.5) is 0 Å². The Morgan fingerprint density at radius 3 is 1.89 bits per heavy atom. The molecule has 0 aliphatic rings. The zero-order valence-corrected chi connectivity index (χ0v) is 6.26. The van der Waals surface area contributed by atoms with Crippen LogP contribution in [0, 0.1) is 6.54 Å². The lowest BCUT2D eigenvalue weighted by Crippen LogP contribution is -2.24. The Kier molecular flexibility index (Phi) is 5.93. The normalized spacial score (nSPS) is 10.7. The van der Waals surface area contributed by atoms with Crippen LogP contribution >= 0.6 is 0 Å². The van der Waals surface area contributed by atoms with Gasteiger partial charge in [0, 0.05) is 20.8 Å². The van der Waals surface area contributed by atoms with Crippen LogP contribution in [0.2, 0.25) is 0 Å². The summed E-state index contributed by atoms with van der Waals surface area (Å²) in [6.45, 7) is 5.04. The zero-order valence-electron chi connectivity index (χ0n) is 6.26. The molecule has 3 heteroatoms. The quantitative estimate of drug-likeness (QED) is 0.513. The van der Waals surface area contributed by atoms with Crippen molar-refractivity contribution in [3.05, 3.63) is 6.54 Å². The number of ether oxygens (including phenoxy) is 2. The second-order valence-corrected chi connectivity index (χ2v) is 1.68. The molecular weight excluding hydrogens is 118 g/mol. The Balaban J connectivity index is 3.18. The molecule has 0 amide bonds. The van der Waals surface area contributed by atoms with E-state index in [2.05, 4.69) is 0 Å². The summed E-state index contributed by atoms with van der Waals surface area (Å²) in [7, 11) is 3.32. The number of hydrogen-bond acceptors (Lipinski definition) is 3. The van der Waals surface area contributed by atoms with E-state index in [9.17, 15) is 0 Å². The molecule has 0 unspecified atom stereocenters. The Bertz CT molecular complexity index is 53.0. The minimum absolute atomic E-state index is 0.588. The number of methoxy groups -OCH3 is 2. The molecule has 0 bridgehead atoms. The van der Waals surface area contributed by atoms with E-state index in [0.717, 1.165) is 0 Å². The largest absolute Gasteiger partial charge is 0.369 e. The van der Waals surface area contributed by atoms with Gasteiger partial charge in [0.2, 0.25) is 0 Å². The molecule has 0 heterocycles. The molecule has 0 aliphatic heterocycles. The van der Waals surface area contributed by atoms with Gasteiger partial charge in [-0.05, 0) is 6.92 Å². The van der Waals surface area contributed by atoms with Crippen LogP contribution in [0.5, 0.6) is 0 Å². The first-order valence-electron chi connectivity index (χ1n) is 2.86. The van der Waals surface area contributed by atoms with Gasteiger partial charge in [0.05, 0.1) is 0 Å². The van der Waals surface area contributed by atoms with Gasteiger partial charge in [0.25, 0.3) is 0 Å². The van der Waals surface area contributed by atoms with E-state index in [1.807, 2.05) is 18.4 Å². The van der Waals surface area contributed by atoms with Crippen LogP contribution < -0.4 is 0 Å². The molecule has 0 rings (SSSR count). The highest BCUT2D eigenvalue weighted by Gasteiger charge is 1.97. The van der Waals surface area contributed by atoms with Crippen molar-refractivity contribution in [1.82, 2.24) is 4.90 Å². The van der Waals surface area contributed by atoms with Crippen molar-refractivity contribution in [2.24, 2.45) is 0 Å². The summed E-state index contributed by atoms with van der Waals surface area (Å²) in [4.78, 5) is 1.92. The highest BCUT2D eigenvalue weighted by molar-refractivity contribution is 4.53. The molecule has 0 aromatic rings. The van der Waals surface area contributed by atoms with Crippen molar-refractivity contribution in [2.75, 3.05) is 27.7 Å². The molecule has 0 spiro atoms. The van der Waals surface area contributed by atoms with Gasteiger partial charge in [0.15, 0.2) is 0 Å². The summed E-state index contributed by atoms with van der Waals surface area (Å²) in [5.41, 5.74) is 0. The van der Waals surface area contributed by atoms with Crippen molar-refractivity contribution in [3.63, 3.8) is 0 Å². The topological polar surface area (TPSA) is 21.7 Å². The zero-order chi connectivity index (χ0) is 7.11. The lowest BCUT2D eigenvalue weighted by molar-refractivity contribution is 0.00627. The maximum absolute atomic E-state index is 4.86. The third kappa shape index (κ3) is 4.39. The number of rotatable bonds is 5. The molecule has 0 aromatic heterocycles. The minimum atomic E-state index is 0.588. The van der Waals surface area contributed by atoms with Crippen molar-refractivity contribution >= 4 is 0 Å². The van der Waals surface area contributed by atoms with Crippen molar-refractivity contribution < 1.29 is 9.47 Å². The monoisotopic (exact) mass is 132 g/mol. The van der Waals surface area contributed by atoms with Crippen LogP contribution in [-0.2, 0) is 9.47 Å².